The number of nitrogens with two attached hydrogens (primary N) is 2. The third-order valence-electron chi connectivity index (χ3n) is 12.1. The maximum absolute atomic E-state index is 15.7. The van der Waals surface area contributed by atoms with E-state index in [1.807, 2.05) is 0 Å². The van der Waals surface area contributed by atoms with E-state index in [-0.39, 0.29) is 70.2 Å². The first-order chi connectivity index (χ1) is 25.8. The summed E-state index contributed by atoms with van der Waals surface area (Å²) >= 11 is 0. The van der Waals surface area contributed by atoms with Crippen LogP contribution >= 0.6 is 21.6 Å². The fraction of sp³-hybridized carbons (Fsp3) is 0.579. The van der Waals surface area contributed by atoms with Gasteiger partial charge in [-0.25, -0.2) is 4.99 Å². The van der Waals surface area contributed by atoms with E-state index in [9.17, 15) is 30.7 Å². The molecule has 2 bridgehead atoms. The van der Waals surface area contributed by atoms with Gasteiger partial charge in [0, 0.05) is 35.1 Å². The van der Waals surface area contributed by atoms with Gasteiger partial charge in [-0.1, -0.05) is 33.7 Å². The van der Waals surface area contributed by atoms with Crippen LogP contribution in [-0.2, 0) is 5.60 Å². The molecule has 14 nitrogen and oxygen atoms in total. The average Bonchev–Trinajstić information content (AvgIpc) is 3.79. The maximum atomic E-state index is 15.7. The van der Waals surface area contributed by atoms with Gasteiger partial charge in [-0.15, -0.1) is 0 Å². The van der Waals surface area contributed by atoms with Gasteiger partial charge in [0.2, 0.25) is 5.43 Å². The van der Waals surface area contributed by atoms with Crippen molar-refractivity contribution in [3.05, 3.63) is 62.5 Å². The Morgan fingerprint density at radius 3 is 2.46 bits per heavy atom. The molecule has 7 atom stereocenters. The van der Waals surface area contributed by atoms with Gasteiger partial charge in [-0.05, 0) is 82.4 Å². The van der Waals surface area contributed by atoms with Crippen molar-refractivity contribution in [2.24, 2.45) is 16.5 Å². The monoisotopic (exact) mass is 784 g/mol. The van der Waals surface area contributed by atoms with Crippen LogP contribution in [0.3, 0.4) is 0 Å². The van der Waals surface area contributed by atoms with Crippen molar-refractivity contribution in [3.63, 3.8) is 0 Å². The van der Waals surface area contributed by atoms with E-state index in [2.05, 4.69) is 10.5 Å². The van der Waals surface area contributed by atoms with Crippen molar-refractivity contribution >= 4 is 44.2 Å². The first-order valence-corrected chi connectivity index (χ1v) is 21.0. The van der Waals surface area contributed by atoms with Crippen LogP contribution in [0.25, 0.3) is 11.0 Å². The lowest BCUT2D eigenvalue weighted by atomic mass is 9.70. The molecule has 16 heteroatoms. The predicted molar refractivity (Wildman–Crippen MR) is 205 cm³/mol. The maximum Gasteiger partial charge on any atom is 0.200 e. The van der Waals surface area contributed by atoms with E-state index in [0.29, 0.717) is 42.7 Å². The summed E-state index contributed by atoms with van der Waals surface area (Å²) in [6.45, 7) is 1.16. The number of hydrogen-bond acceptors (Lipinski definition) is 14. The molecule has 5 aliphatic rings. The predicted octanol–water partition coefficient (Wildman–Crippen LogP) is 3.95. The highest BCUT2D eigenvalue weighted by Gasteiger charge is 2.54. The van der Waals surface area contributed by atoms with Crippen LogP contribution < -0.4 is 31.8 Å². The topological polar surface area (TPSA) is 246 Å². The number of nitrogens with zero attached hydrogens (tertiary/aromatic N) is 1. The van der Waals surface area contributed by atoms with Gasteiger partial charge in [-0.2, -0.15) is 0 Å². The number of anilines is 1. The third kappa shape index (κ3) is 6.22. The van der Waals surface area contributed by atoms with Crippen molar-refractivity contribution in [3.8, 4) is 11.5 Å². The van der Waals surface area contributed by atoms with E-state index in [1.165, 1.54) is 10.8 Å². The van der Waals surface area contributed by atoms with Crippen molar-refractivity contribution < 1.29 is 44.6 Å². The quantitative estimate of drug-likeness (QED) is 0.0541. The summed E-state index contributed by atoms with van der Waals surface area (Å²) in [5.74, 6) is -0.643. The summed E-state index contributed by atoms with van der Waals surface area (Å²) in [4.78, 5) is 20.1. The number of hydrogen-bond donors (Lipinski definition) is 9. The number of guanidine groups is 1. The summed E-state index contributed by atoms with van der Waals surface area (Å²) in [7, 11) is 2.26. The number of benzene rings is 2. The number of nitrogens with one attached hydrogen (secondary N) is 1. The van der Waals surface area contributed by atoms with Crippen LogP contribution in [0.15, 0.2) is 38.5 Å². The third-order valence-corrected chi connectivity index (χ3v) is 15.0. The van der Waals surface area contributed by atoms with Crippen LogP contribution in [0.1, 0.15) is 116 Å². The molecule has 8 rings (SSSR count). The Balaban J connectivity index is 1.49. The highest BCUT2D eigenvalue weighted by atomic mass is 33.1. The average molecular weight is 785 g/mol. The molecule has 2 saturated carbocycles. The lowest BCUT2D eigenvalue weighted by Gasteiger charge is -2.41. The minimum atomic E-state index is -1.98. The van der Waals surface area contributed by atoms with Crippen molar-refractivity contribution in [2.75, 3.05) is 17.8 Å². The van der Waals surface area contributed by atoms with Crippen molar-refractivity contribution in [1.82, 2.24) is 0 Å². The Bertz CT molecular complexity index is 2020. The van der Waals surface area contributed by atoms with Crippen molar-refractivity contribution in [1.29, 1.82) is 0 Å². The zero-order chi connectivity index (χ0) is 38.2. The Kier molecular flexibility index (Phi) is 9.82. The van der Waals surface area contributed by atoms with Crippen molar-refractivity contribution in [2.45, 2.75) is 123 Å². The first-order valence-electron chi connectivity index (χ1n) is 18.6. The molecule has 3 aromatic rings. The van der Waals surface area contributed by atoms with E-state index in [1.54, 1.807) is 31.2 Å². The molecule has 2 aliphatic heterocycles. The SMILES string of the molecule is C[C@@]1(O)CCC[C@H]2c3c(c4c5oc6c(c(=O)c5c3OC3CCCC3)[C@@H](c3ccc(NO)cc3)CC[C@@]6(O)C[C@@](CO)(N=C(N)N)CSS[C@H]4C(O)O)O[C@@H]21. The number of aliphatic imine (C=N–C) groups is 1. The molecule has 0 saturated heterocycles. The molecule has 3 heterocycles. The fourth-order valence-corrected chi connectivity index (χ4v) is 12.6. The van der Waals surface area contributed by atoms with Crippen LogP contribution in [0, 0.1) is 0 Å². The Hall–Kier alpha value is -3.22. The molecular weight excluding hydrogens is 737 g/mol. The van der Waals surface area contributed by atoms with Gasteiger partial charge >= 0.3 is 0 Å². The van der Waals surface area contributed by atoms with E-state index < -0.39 is 52.3 Å². The van der Waals surface area contributed by atoms with Gasteiger partial charge in [0.15, 0.2) is 12.2 Å². The zero-order valence-corrected chi connectivity index (χ0v) is 31.6. The number of aliphatic hydroxyl groups is 5. The highest BCUT2D eigenvalue weighted by molar-refractivity contribution is 8.76. The molecule has 2 fully saturated rings. The lowest BCUT2D eigenvalue weighted by Crippen LogP contribution is -2.47. The smallest absolute Gasteiger partial charge is 0.200 e. The normalized spacial score (nSPS) is 32.1. The number of ether oxygens (including phenoxy) is 2. The summed E-state index contributed by atoms with van der Waals surface area (Å²) < 4.78 is 20.6. The molecule has 292 valence electrons. The molecule has 0 unspecified atom stereocenters. The Morgan fingerprint density at radius 1 is 1.06 bits per heavy atom. The molecular formula is C38H48N4O10S2. The van der Waals surface area contributed by atoms with Crippen LogP contribution in [0.2, 0.25) is 0 Å². The summed E-state index contributed by atoms with van der Waals surface area (Å²) in [5.41, 5.74) is 11.2. The van der Waals surface area contributed by atoms with Gasteiger partial charge in [0.25, 0.3) is 0 Å². The van der Waals surface area contributed by atoms with E-state index in [4.69, 9.17) is 25.4 Å². The van der Waals surface area contributed by atoms with Gasteiger partial charge in [0.1, 0.15) is 45.5 Å². The van der Waals surface area contributed by atoms with Gasteiger partial charge < -0.3 is 50.9 Å². The van der Waals surface area contributed by atoms with Crippen LogP contribution in [-0.4, -0.2) is 78.7 Å². The molecule has 0 radical (unpaired) electrons. The molecule has 54 heavy (non-hydrogen) atoms. The van der Waals surface area contributed by atoms with Gasteiger partial charge in [-0.3, -0.25) is 15.5 Å². The summed E-state index contributed by atoms with van der Waals surface area (Å²) in [6.07, 6.45) is 2.65. The molecule has 2 aromatic carbocycles. The standard InChI is InChI=1S/C38H48N4O10S2/c1-36(47)13-4-7-22-24-28(50-20-5-2-3-6-20)25-27(44)23-21(18-8-10-19(42-49)11-9-18)12-14-38(48)15-37(16-43,41-35(39)40)17-53-54-31(34(45)46)26(29(24)51-32(22)36)30(25)52-33(23)38/h8-11,20-22,31-32,34,42-43,45-49H,2-7,12-17H2,1H3,(H4,39,40,41)/t21-,22+,31-,32+,36-,37+,38-/m1/s1. The van der Waals surface area contributed by atoms with Crippen LogP contribution in [0.4, 0.5) is 5.69 Å². The molecule has 0 amide bonds. The van der Waals surface area contributed by atoms with Crippen LogP contribution in [0.5, 0.6) is 11.5 Å². The summed E-state index contributed by atoms with van der Waals surface area (Å²) in [5, 5.41) is 66.2. The highest BCUT2D eigenvalue weighted by Crippen LogP contribution is 2.61. The minimum Gasteiger partial charge on any atom is -0.489 e. The molecule has 0 spiro atoms. The second-order valence-corrected chi connectivity index (χ2v) is 18.4. The Labute approximate surface area is 319 Å². The number of fused-ring (bicyclic) bond motifs is 4. The molecule has 11 N–H and O–H groups in total. The molecule has 3 aliphatic carbocycles. The summed E-state index contributed by atoms with van der Waals surface area (Å²) in [6, 6.07) is 6.96. The fourth-order valence-electron chi connectivity index (χ4n) is 9.62. The second kappa shape index (κ2) is 14.1. The lowest BCUT2D eigenvalue weighted by molar-refractivity contribution is -0.0734. The first kappa shape index (κ1) is 37.7. The Morgan fingerprint density at radius 2 is 1.80 bits per heavy atom. The largest absolute Gasteiger partial charge is 0.489 e. The number of aliphatic hydroxyl groups excluding tert-OH is 2. The number of rotatable bonds is 7. The van der Waals surface area contributed by atoms with Gasteiger partial charge in [0.05, 0.1) is 34.8 Å². The second-order valence-electron chi connectivity index (χ2n) is 15.9. The molecule has 1 aromatic heterocycles. The van der Waals surface area contributed by atoms with E-state index >= 15 is 4.79 Å². The van der Waals surface area contributed by atoms with E-state index in [0.717, 1.165) is 42.0 Å². The zero-order valence-electron chi connectivity index (χ0n) is 30.0. The minimum absolute atomic E-state index is 0.00669.